The summed E-state index contributed by atoms with van der Waals surface area (Å²) >= 11 is 0. The predicted molar refractivity (Wildman–Crippen MR) is 112 cm³/mol. The minimum absolute atomic E-state index is 0. The van der Waals surface area contributed by atoms with Crippen molar-refractivity contribution >= 4 is 12.4 Å². The Kier molecular flexibility index (Phi) is 6.83. The molecule has 1 heterocycles. The molecule has 0 amide bonds. The maximum atomic E-state index is 6.47. The Bertz CT molecular complexity index is 806. The second-order valence-corrected chi connectivity index (χ2v) is 7.49. The van der Waals surface area contributed by atoms with E-state index < -0.39 is 5.54 Å². The molecule has 6 heteroatoms. The van der Waals surface area contributed by atoms with Gasteiger partial charge in [0.15, 0.2) is 5.82 Å². The number of nitrogens with two attached hydrogens (primary N) is 1. The highest BCUT2D eigenvalue weighted by atomic mass is 35.5. The number of rotatable bonds is 7. The van der Waals surface area contributed by atoms with Crippen LogP contribution in [0.3, 0.4) is 0 Å². The van der Waals surface area contributed by atoms with E-state index in [4.69, 9.17) is 10.3 Å². The molecule has 3 aromatic rings. The molecular formula is C22H27ClN4O. The van der Waals surface area contributed by atoms with Crippen molar-refractivity contribution < 1.29 is 4.52 Å². The van der Waals surface area contributed by atoms with Crippen molar-refractivity contribution in [2.24, 2.45) is 5.73 Å². The Labute approximate surface area is 172 Å². The third-order valence-electron chi connectivity index (χ3n) is 5.27. The Morgan fingerprint density at radius 3 is 1.93 bits per heavy atom. The first kappa shape index (κ1) is 20.5. The highest BCUT2D eigenvalue weighted by Crippen LogP contribution is 2.34. The lowest BCUT2D eigenvalue weighted by atomic mass is 9.99. The molecule has 5 nitrogen and oxygen atoms in total. The summed E-state index contributed by atoms with van der Waals surface area (Å²) in [5, 5.41) is 4.20. The lowest BCUT2D eigenvalue weighted by Crippen LogP contribution is -2.34. The van der Waals surface area contributed by atoms with E-state index in [0.717, 1.165) is 38.8 Å². The van der Waals surface area contributed by atoms with Crippen molar-refractivity contribution in [3.05, 3.63) is 83.5 Å². The minimum atomic E-state index is -0.411. The summed E-state index contributed by atoms with van der Waals surface area (Å²) in [5.41, 5.74) is 8.59. The molecule has 0 bridgehead atoms. The topological polar surface area (TPSA) is 68.2 Å². The van der Waals surface area contributed by atoms with Crippen LogP contribution in [0.25, 0.3) is 0 Å². The number of halogens is 1. The third kappa shape index (κ3) is 4.98. The molecule has 0 aliphatic heterocycles. The van der Waals surface area contributed by atoms with Gasteiger partial charge in [-0.05, 0) is 24.0 Å². The number of hydrogen-bond acceptors (Lipinski definition) is 5. The summed E-state index contributed by atoms with van der Waals surface area (Å²) in [7, 11) is 0. The molecule has 0 radical (unpaired) electrons. The van der Waals surface area contributed by atoms with Gasteiger partial charge in [-0.25, -0.2) is 0 Å². The van der Waals surface area contributed by atoms with Crippen molar-refractivity contribution in [3.8, 4) is 0 Å². The van der Waals surface area contributed by atoms with E-state index in [1.807, 2.05) is 12.1 Å². The molecule has 1 fully saturated rings. The van der Waals surface area contributed by atoms with E-state index in [1.54, 1.807) is 0 Å². The first-order chi connectivity index (χ1) is 13.2. The lowest BCUT2D eigenvalue weighted by molar-refractivity contribution is 0.210. The van der Waals surface area contributed by atoms with Crippen LogP contribution in [-0.4, -0.2) is 15.0 Å². The van der Waals surface area contributed by atoms with E-state index in [9.17, 15) is 0 Å². The monoisotopic (exact) mass is 398 g/mol. The minimum Gasteiger partial charge on any atom is -0.338 e. The van der Waals surface area contributed by atoms with E-state index in [-0.39, 0.29) is 12.4 Å². The largest absolute Gasteiger partial charge is 0.338 e. The Morgan fingerprint density at radius 2 is 1.39 bits per heavy atom. The van der Waals surface area contributed by atoms with Gasteiger partial charge in [-0.1, -0.05) is 78.7 Å². The fourth-order valence-electron chi connectivity index (χ4n) is 3.79. The molecule has 1 aliphatic carbocycles. The first-order valence-corrected chi connectivity index (χ1v) is 9.63. The van der Waals surface area contributed by atoms with Gasteiger partial charge in [-0.2, -0.15) is 4.98 Å². The fourth-order valence-corrected chi connectivity index (χ4v) is 3.79. The molecule has 1 aliphatic rings. The molecular weight excluding hydrogens is 372 g/mol. The number of nitrogens with zero attached hydrogens (tertiary/aromatic N) is 3. The second-order valence-electron chi connectivity index (χ2n) is 7.49. The lowest BCUT2D eigenvalue weighted by Gasteiger charge is -2.21. The summed E-state index contributed by atoms with van der Waals surface area (Å²) in [6, 6.07) is 20.9. The first-order valence-electron chi connectivity index (χ1n) is 9.63. The fraction of sp³-hybridized carbons (Fsp3) is 0.364. The van der Waals surface area contributed by atoms with Crippen LogP contribution in [0.5, 0.6) is 0 Å². The zero-order chi connectivity index (χ0) is 18.5. The Morgan fingerprint density at radius 1 is 0.857 bits per heavy atom. The van der Waals surface area contributed by atoms with E-state index in [1.165, 1.54) is 11.1 Å². The SMILES string of the molecule is Cl.NC1(c2noc(CN(Cc3ccccc3)Cc3ccccc3)n2)CCCC1. The summed E-state index contributed by atoms with van der Waals surface area (Å²) in [6.45, 7) is 2.25. The zero-order valence-corrected chi connectivity index (χ0v) is 16.8. The summed E-state index contributed by atoms with van der Waals surface area (Å²) in [6.07, 6.45) is 4.14. The number of aromatic nitrogens is 2. The predicted octanol–water partition coefficient (Wildman–Crippen LogP) is 4.42. The average Bonchev–Trinajstić information content (AvgIpc) is 3.34. The Hall–Kier alpha value is -2.21. The molecule has 2 N–H and O–H groups in total. The third-order valence-corrected chi connectivity index (χ3v) is 5.27. The number of benzene rings is 2. The highest BCUT2D eigenvalue weighted by Gasteiger charge is 2.36. The Balaban J connectivity index is 0.00000225. The van der Waals surface area contributed by atoms with Crippen molar-refractivity contribution in [1.82, 2.24) is 15.0 Å². The number of hydrogen-bond donors (Lipinski definition) is 1. The van der Waals surface area contributed by atoms with Gasteiger partial charge in [-0.15, -0.1) is 12.4 Å². The van der Waals surface area contributed by atoms with E-state index in [0.29, 0.717) is 18.3 Å². The van der Waals surface area contributed by atoms with Gasteiger partial charge in [0.25, 0.3) is 0 Å². The molecule has 28 heavy (non-hydrogen) atoms. The summed E-state index contributed by atoms with van der Waals surface area (Å²) in [4.78, 5) is 6.96. The van der Waals surface area contributed by atoms with Crippen LogP contribution in [0.2, 0.25) is 0 Å². The van der Waals surface area contributed by atoms with E-state index >= 15 is 0 Å². The van der Waals surface area contributed by atoms with Gasteiger partial charge in [0.05, 0.1) is 12.1 Å². The quantitative estimate of drug-likeness (QED) is 0.637. The molecule has 0 unspecified atom stereocenters. The normalized spacial score (nSPS) is 15.5. The molecule has 0 saturated heterocycles. The average molecular weight is 399 g/mol. The van der Waals surface area contributed by atoms with Crippen molar-refractivity contribution in [2.75, 3.05) is 0 Å². The van der Waals surface area contributed by atoms with Crippen LogP contribution in [0.1, 0.15) is 48.5 Å². The van der Waals surface area contributed by atoms with Gasteiger partial charge < -0.3 is 10.3 Å². The molecule has 2 aromatic carbocycles. The second kappa shape index (κ2) is 9.32. The molecule has 1 saturated carbocycles. The summed E-state index contributed by atoms with van der Waals surface area (Å²) < 4.78 is 5.57. The van der Waals surface area contributed by atoms with Crippen LogP contribution in [-0.2, 0) is 25.2 Å². The molecule has 0 atom stereocenters. The van der Waals surface area contributed by atoms with Gasteiger partial charge in [0, 0.05) is 13.1 Å². The smallest absolute Gasteiger partial charge is 0.240 e. The summed E-state index contributed by atoms with van der Waals surface area (Å²) in [5.74, 6) is 1.29. The van der Waals surface area contributed by atoms with Crippen LogP contribution in [0.4, 0.5) is 0 Å². The maximum absolute atomic E-state index is 6.47. The highest BCUT2D eigenvalue weighted by molar-refractivity contribution is 5.85. The van der Waals surface area contributed by atoms with Crippen LogP contribution in [0.15, 0.2) is 65.2 Å². The van der Waals surface area contributed by atoms with Crippen molar-refractivity contribution in [3.63, 3.8) is 0 Å². The zero-order valence-electron chi connectivity index (χ0n) is 16.0. The molecule has 4 rings (SSSR count). The van der Waals surface area contributed by atoms with Crippen molar-refractivity contribution in [2.45, 2.75) is 50.9 Å². The van der Waals surface area contributed by atoms with Gasteiger partial charge >= 0.3 is 0 Å². The standard InChI is InChI=1S/C22H26N4O.ClH/c23-22(13-7-8-14-22)21-24-20(27-25-21)17-26(15-18-9-3-1-4-10-18)16-19-11-5-2-6-12-19;/h1-6,9-12H,7-8,13-17,23H2;1H. The van der Waals surface area contributed by atoms with Gasteiger partial charge in [-0.3, -0.25) is 4.90 Å². The van der Waals surface area contributed by atoms with E-state index in [2.05, 4.69) is 63.6 Å². The van der Waals surface area contributed by atoms with Gasteiger partial charge in [0.1, 0.15) is 0 Å². The van der Waals surface area contributed by atoms with Crippen LogP contribution < -0.4 is 5.73 Å². The van der Waals surface area contributed by atoms with Crippen LogP contribution >= 0.6 is 12.4 Å². The van der Waals surface area contributed by atoms with Crippen molar-refractivity contribution in [1.29, 1.82) is 0 Å². The van der Waals surface area contributed by atoms with Gasteiger partial charge in [0.2, 0.25) is 5.89 Å². The molecule has 1 aromatic heterocycles. The molecule has 0 spiro atoms. The maximum Gasteiger partial charge on any atom is 0.240 e. The van der Waals surface area contributed by atoms with Crippen LogP contribution in [0, 0.1) is 0 Å². The molecule has 148 valence electrons.